The van der Waals surface area contributed by atoms with Gasteiger partial charge in [-0.1, -0.05) is 23.4 Å². The topological polar surface area (TPSA) is 71.3 Å². The fraction of sp³-hybridized carbons (Fsp3) is 0.211. The SMILES string of the molecule is Cc1cc(NC(=O)c2cc(N3c4ccccc4CC3C)ccn2)no1. The number of nitrogens with one attached hydrogen (secondary N) is 1. The maximum absolute atomic E-state index is 12.4. The predicted octanol–water partition coefficient (Wildman–Crippen LogP) is 3.71. The molecule has 3 aromatic rings. The molecule has 3 heterocycles. The number of carbonyl (C=O) groups is 1. The van der Waals surface area contributed by atoms with Crippen molar-refractivity contribution in [3.05, 3.63) is 65.7 Å². The molecule has 6 heteroatoms. The van der Waals surface area contributed by atoms with Crippen LogP contribution in [-0.2, 0) is 6.42 Å². The second-order valence-corrected chi connectivity index (χ2v) is 6.23. The molecule has 1 amide bonds. The molecule has 126 valence electrons. The lowest BCUT2D eigenvalue weighted by molar-refractivity contribution is 0.102. The minimum atomic E-state index is -0.310. The highest BCUT2D eigenvalue weighted by molar-refractivity contribution is 6.03. The van der Waals surface area contributed by atoms with Gasteiger partial charge in [-0.25, -0.2) is 0 Å². The van der Waals surface area contributed by atoms with Gasteiger partial charge in [0.15, 0.2) is 5.82 Å². The number of hydrogen-bond donors (Lipinski definition) is 1. The van der Waals surface area contributed by atoms with E-state index in [1.807, 2.05) is 12.1 Å². The molecule has 0 radical (unpaired) electrons. The summed E-state index contributed by atoms with van der Waals surface area (Å²) >= 11 is 0. The fourth-order valence-electron chi connectivity index (χ4n) is 3.26. The molecule has 0 bridgehead atoms. The molecule has 4 rings (SSSR count). The lowest BCUT2D eigenvalue weighted by Crippen LogP contribution is -2.24. The van der Waals surface area contributed by atoms with Crippen LogP contribution in [0.5, 0.6) is 0 Å². The Kier molecular flexibility index (Phi) is 3.72. The van der Waals surface area contributed by atoms with Crippen LogP contribution in [0.15, 0.2) is 53.2 Å². The van der Waals surface area contributed by atoms with Crippen molar-refractivity contribution in [3.8, 4) is 0 Å². The van der Waals surface area contributed by atoms with E-state index in [4.69, 9.17) is 4.52 Å². The number of aryl methyl sites for hydroxylation is 1. The van der Waals surface area contributed by atoms with Gasteiger partial charge in [0.25, 0.3) is 5.91 Å². The number of carbonyl (C=O) groups excluding carboxylic acids is 1. The summed E-state index contributed by atoms with van der Waals surface area (Å²) in [6, 6.07) is 14.1. The standard InChI is InChI=1S/C19H18N4O2/c1-12-9-14-5-3-4-6-17(14)23(12)15-7-8-20-16(11-15)19(24)21-18-10-13(2)25-22-18/h3-8,10-12H,9H2,1-2H3,(H,21,22,24). The van der Waals surface area contributed by atoms with Crippen LogP contribution in [0, 0.1) is 6.92 Å². The Morgan fingerprint density at radius 3 is 2.92 bits per heavy atom. The van der Waals surface area contributed by atoms with Gasteiger partial charge in [-0.05, 0) is 44.0 Å². The van der Waals surface area contributed by atoms with Crippen LogP contribution >= 0.6 is 0 Å². The summed E-state index contributed by atoms with van der Waals surface area (Å²) in [6.45, 7) is 3.95. The summed E-state index contributed by atoms with van der Waals surface area (Å²) in [4.78, 5) is 18.9. The average Bonchev–Trinajstić information content (AvgIpc) is 3.16. The number of anilines is 3. The predicted molar refractivity (Wildman–Crippen MR) is 95.2 cm³/mol. The van der Waals surface area contributed by atoms with Crippen LogP contribution < -0.4 is 10.2 Å². The molecule has 0 fully saturated rings. The molecule has 1 N–H and O–H groups in total. The van der Waals surface area contributed by atoms with Crippen LogP contribution in [0.2, 0.25) is 0 Å². The molecule has 1 atom stereocenters. The Balaban J connectivity index is 1.62. The van der Waals surface area contributed by atoms with Crippen LogP contribution in [0.1, 0.15) is 28.7 Å². The van der Waals surface area contributed by atoms with Gasteiger partial charge in [-0.3, -0.25) is 9.78 Å². The van der Waals surface area contributed by atoms with Gasteiger partial charge < -0.3 is 14.7 Å². The highest BCUT2D eigenvalue weighted by Gasteiger charge is 2.27. The van der Waals surface area contributed by atoms with Crippen molar-refractivity contribution in [2.75, 3.05) is 10.2 Å². The van der Waals surface area contributed by atoms with Crippen molar-refractivity contribution < 1.29 is 9.32 Å². The number of amides is 1. The highest BCUT2D eigenvalue weighted by atomic mass is 16.5. The number of aromatic nitrogens is 2. The minimum absolute atomic E-state index is 0.310. The van der Waals surface area contributed by atoms with E-state index in [-0.39, 0.29) is 5.91 Å². The average molecular weight is 334 g/mol. The van der Waals surface area contributed by atoms with Crippen molar-refractivity contribution in [2.24, 2.45) is 0 Å². The van der Waals surface area contributed by atoms with Crippen LogP contribution in [-0.4, -0.2) is 22.1 Å². The van der Waals surface area contributed by atoms with E-state index >= 15 is 0 Å². The van der Waals surface area contributed by atoms with Gasteiger partial charge in [0.2, 0.25) is 0 Å². The zero-order chi connectivity index (χ0) is 17.4. The van der Waals surface area contributed by atoms with Crippen molar-refractivity contribution in [3.63, 3.8) is 0 Å². The lowest BCUT2D eigenvalue weighted by Gasteiger charge is -2.25. The van der Waals surface area contributed by atoms with Crippen LogP contribution in [0.25, 0.3) is 0 Å². The van der Waals surface area contributed by atoms with E-state index in [0.717, 1.165) is 12.1 Å². The summed E-state index contributed by atoms with van der Waals surface area (Å²) in [5.74, 6) is 0.712. The quantitative estimate of drug-likeness (QED) is 0.790. The fourth-order valence-corrected chi connectivity index (χ4v) is 3.26. The molecular formula is C19H18N4O2. The molecule has 0 aliphatic carbocycles. The van der Waals surface area contributed by atoms with Gasteiger partial charge in [0.1, 0.15) is 11.5 Å². The van der Waals surface area contributed by atoms with E-state index in [2.05, 4.69) is 45.5 Å². The summed E-state index contributed by atoms with van der Waals surface area (Å²) in [6.07, 6.45) is 2.64. The van der Waals surface area contributed by atoms with E-state index in [9.17, 15) is 4.79 Å². The number of para-hydroxylation sites is 1. The number of rotatable bonds is 3. The van der Waals surface area contributed by atoms with Crippen molar-refractivity contribution in [2.45, 2.75) is 26.3 Å². The van der Waals surface area contributed by atoms with E-state index in [1.165, 1.54) is 11.3 Å². The van der Waals surface area contributed by atoms with Gasteiger partial charge in [-0.15, -0.1) is 0 Å². The molecule has 0 spiro atoms. The van der Waals surface area contributed by atoms with Crippen LogP contribution in [0.3, 0.4) is 0 Å². The number of pyridine rings is 1. The molecule has 0 saturated carbocycles. The Labute approximate surface area is 145 Å². The second kappa shape index (κ2) is 6.05. The lowest BCUT2D eigenvalue weighted by atomic mass is 10.1. The molecule has 6 nitrogen and oxygen atoms in total. The first-order valence-electron chi connectivity index (χ1n) is 8.19. The first-order chi connectivity index (χ1) is 12.1. The van der Waals surface area contributed by atoms with E-state index in [1.54, 1.807) is 25.3 Å². The Bertz CT molecular complexity index is 934. The first kappa shape index (κ1) is 15.4. The van der Waals surface area contributed by atoms with Crippen molar-refractivity contribution in [1.29, 1.82) is 0 Å². The normalized spacial score (nSPS) is 15.9. The molecule has 0 saturated heterocycles. The Hall–Kier alpha value is -3.15. The molecule has 2 aromatic heterocycles. The third-order valence-electron chi connectivity index (χ3n) is 4.33. The molecule has 1 aliphatic heterocycles. The van der Waals surface area contributed by atoms with Crippen molar-refractivity contribution >= 4 is 23.1 Å². The number of nitrogens with zero attached hydrogens (tertiary/aromatic N) is 3. The summed E-state index contributed by atoms with van der Waals surface area (Å²) in [5, 5.41) is 6.48. The zero-order valence-electron chi connectivity index (χ0n) is 14.1. The summed E-state index contributed by atoms with van der Waals surface area (Å²) < 4.78 is 4.97. The van der Waals surface area contributed by atoms with E-state index in [0.29, 0.717) is 23.3 Å². The number of hydrogen-bond acceptors (Lipinski definition) is 5. The second-order valence-electron chi connectivity index (χ2n) is 6.23. The van der Waals surface area contributed by atoms with E-state index < -0.39 is 0 Å². The van der Waals surface area contributed by atoms with Gasteiger partial charge in [-0.2, -0.15) is 0 Å². The third kappa shape index (κ3) is 2.87. The smallest absolute Gasteiger partial charge is 0.275 e. The molecule has 1 unspecified atom stereocenters. The highest BCUT2D eigenvalue weighted by Crippen LogP contribution is 2.37. The maximum Gasteiger partial charge on any atom is 0.275 e. The maximum atomic E-state index is 12.4. The zero-order valence-corrected chi connectivity index (χ0v) is 14.1. The molecule has 25 heavy (non-hydrogen) atoms. The van der Waals surface area contributed by atoms with Gasteiger partial charge in [0.05, 0.1) is 0 Å². The summed E-state index contributed by atoms with van der Waals surface area (Å²) in [7, 11) is 0. The Morgan fingerprint density at radius 2 is 2.12 bits per heavy atom. The Morgan fingerprint density at radius 1 is 1.28 bits per heavy atom. The van der Waals surface area contributed by atoms with Crippen LogP contribution in [0.4, 0.5) is 17.2 Å². The largest absolute Gasteiger partial charge is 0.360 e. The minimum Gasteiger partial charge on any atom is -0.360 e. The van der Waals surface area contributed by atoms with Gasteiger partial charge in [0, 0.05) is 29.7 Å². The molecule has 1 aromatic carbocycles. The monoisotopic (exact) mass is 334 g/mol. The van der Waals surface area contributed by atoms with Gasteiger partial charge >= 0.3 is 0 Å². The third-order valence-corrected chi connectivity index (χ3v) is 4.33. The first-order valence-corrected chi connectivity index (χ1v) is 8.19. The molecule has 1 aliphatic rings. The summed E-state index contributed by atoms with van der Waals surface area (Å²) in [5.41, 5.74) is 3.79. The number of fused-ring (bicyclic) bond motifs is 1. The molecular weight excluding hydrogens is 316 g/mol. The number of benzene rings is 1. The van der Waals surface area contributed by atoms with Crippen molar-refractivity contribution in [1.82, 2.24) is 10.1 Å².